The van der Waals surface area contributed by atoms with E-state index in [0.717, 1.165) is 12.2 Å². The topological polar surface area (TPSA) is 42.2 Å². The standard InChI is InChI=1S/C10H14BrNO2/c1-3-9(11)5-12-10(13)8-4-7(2)14-6-8/h4,6,9H,3,5H2,1-2H3,(H,12,13). The lowest BCUT2D eigenvalue weighted by atomic mass is 10.3. The zero-order chi connectivity index (χ0) is 10.6. The summed E-state index contributed by atoms with van der Waals surface area (Å²) < 4.78 is 5.05. The van der Waals surface area contributed by atoms with Gasteiger partial charge in [0.1, 0.15) is 12.0 Å². The summed E-state index contributed by atoms with van der Waals surface area (Å²) in [5.41, 5.74) is 0.582. The first-order chi connectivity index (χ1) is 6.63. The molecule has 0 radical (unpaired) electrons. The lowest BCUT2D eigenvalue weighted by molar-refractivity contribution is 0.0953. The Morgan fingerprint density at radius 1 is 1.71 bits per heavy atom. The monoisotopic (exact) mass is 259 g/mol. The maximum atomic E-state index is 11.5. The van der Waals surface area contributed by atoms with Crippen molar-refractivity contribution in [2.24, 2.45) is 0 Å². The average Bonchev–Trinajstić information content (AvgIpc) is 2.60. The average molecular weight is 260 g/mol. The fourth-order valence-electron chi connectivity index (χ4n) is 1.01. The van der Waals surface area contributed by atoms with Crippen LogP contribution in [0, 0.1) is 6.92 Å². The lowest BCUT2D eigenvalue weighted by Crippen LogP contribution is -2.28. The minimum Gasteiger partial charge on any atom is -0.469 e. The second-order valence-corrected chi connectivity index (χ2v) is 4.46. The summed E-state index contributed by atoms with van der Waals surface area (Å²) in [5, 5.41) is 2.82. The summed E-state index contributed by atoms with van der Waals surface area (Å²) in [5.74, 6) is 0.667. The molecule has 0 aliphatic carbocycles. The van der Waals surface area contributed by atoms with Gasteiger partial charge in [0.15, 0.2) is 0 Å². The Morgan fingerprint density at radius 3 is 2.93 bits per heavy atom. The van der Waals surface area contributed by atoms with Gasteiger partial charge in [-0.1, -0.05) is 22.9 Å². The fourth-order valence-corrected chi connectivity index (χ4v) is 1.17. The minimum atomic E-state index is -0.0836. The molecular formula is C10H14BrNO2. The van der Waals surface area contributed by atoms with Crippen LogP contribution >= 0.6 is 15.9 Å². The van der Waals surface area contributed by atoms with Crippen LogP contribution in [0.15, 0.2) is 16.7 Å². The molecule has 0 saturated heterocycles. The Hall–Kier alpha value is -0.770. The van der Waals surface area contributed by atoms with Gasteiger partial charge in [-0.15, -0.1) is 0 Å². The van der Waals surface area contributed by atoms with Gasteiger partial charge in [-0.3, -0.25) is 4.79 Å². The second-order valence-electron chi connectivity index (χ2n) is 3.16. The molecule has 0 fully saturated rings. The molecule has 0 aromatic carbocycles. The number of furan rings is 1. The van der Waals surface area contributed by atoms with Crippen molar-refractivity contribution in [1.82, 2.24) is 5.32 Å². The van der Waals surface area contributed by atoms with Gasteiger partial charge >= 0.3 is 0 Å². The van der Waals surface area contributed by atoms with E-state index in [2.05, 4.69) is 28.2 Å². The van der Waals surface area contributed by atoms with E-state index in [1.54, 1.807) is 6.07 Å². The fraction of sp³-hybridized carbons (Fsp3) is 0.500. The molecule has 3 nitrogen and oxygen atoms in total. The van der Waals surface area contributed by atoms with E-state index in [1.807, 2.05) is 6.92 Å². The summed E-state index contributed by atoms with van der Waals surface area (Å²) in [6, 6.07) is 1.73. The number of alkyl halides is 1. The van der Waals surface area contributed by atoms with Crippen LogP contribution in [0.3, 0.4) is 0 Å². The van der Waals surface area contributed by atoms with E-state index in [4.69, 9.17) is 4.42 Å². The van der Waals surface area contributed by atoms with Crippen molar-refractivity contribution < 1.29 is 9.21 Å². The molecule has 1 atom stereocenters. The van der Waals surface area contributed by atoms with Gasteiger partial charge in [-0.2, -0.15) is 0 Å². The molecule has 78 valence electrons. The summed E-state index contributed by atoms with van der Waals surface area (Å²) in [6.07, 6.45) is 2.46. The molecule has 4 heteroatoms. The maximum Gasteiger partial charge on any atom is 0.254 e. The van der Waals surface area contributed by atoms with E-state index < -0.39 is 0 Å². The predicted molar refractivity (Wildman–Crippen MR) is 58.8 cm³/mol. The molecule has 0 spiro atoms. The number of amides is 1. The van der Waals surface area contributed by atoms with Crippen molar-refractivity contribution in [2.45, 2.75) is 25.1 Å². The van der Waals surface area contributed by atoms with Crippen molar-refractivity contribution in [1.29, 1.82) is 0 Å². The molecule has 1 aromatic heterocycles. The molecule has 0 aliphatic heterocycles. The molecule has 0 bridgehead atoms. The summed E-state index contributed by atoms with van der Waals surface area (Å²) in [7, 11) is 0. The lowest BCUT2D eigenvalue weighted by Gasteiger charge is -2.07. The van der Waals surface area contributed by atoms with Crippen molar-refractivity contribution in [3.63, 3.8) is 0 Å². The highest BCUT2D eigenvalue weighted by molar-refractivity contribution is 9.09. The maximum absolute atomic E-state index is 11.5. The van der Waals surface area contributed by atoms with Gasteiger partial charge in [-0.25, -0.2) is 0 Å². The van der Waals surface area contributed by atoms with Gasteiger partial charge in [0.05, 0.1) is 5.56 Å². The number of carbonyl (C=O) groups excluding carboxylic acids is 1. The van der Waals surface area contributed by atoms with Crippen LogP contribution in [-0.4, -0.2) is 17.3 Å². The van der Waals surface area contributed by atoms with Crippen LogP contribution in [0.25, 0.3) is 0 Å². The third kappa shape index (κ3) is 3.18. The summed E-state index contributed by atoms with van der Waals surface area (Å²) >= 11 is 3.44. The van der Waals surface area contributed by atoms with E-state index >= 15 is 0 Å². The Balaban J connectivity index is 2.43. The van der Waals surface area contributed by atoms with Crippen molar-refractivity contribution in [2.75, 3.05) is 6.54 Å². The second kappa shape index (κ2) is 5.20. The molecule has 0 aliphatic rings. The molecule has 1 N–H and O–H groups in total. The van der Waals surface area contributed by atoms with Crippen LogP contribution in [0.2, 0.25) is 0 Å². The van der Waals surface area contributed by atoms with Crippen molar-refractivity contribution >= 4 is 21.8 Å². The van der Waals surface area contributed by atoms with Gasteiger partial charge < -0.3 is 9.73 Å². The number of hydrogen-bond donors (Lipinski definition) is 1. The molecule has 1 heterocycles. The Labute approximate surface area is 92.0 Å². The van der Waals surface area contributed by atoms with E-state index in [1.165, 1.54) is 6.26 Å². The number of aryl methyl sites for hydroxylation is 1. The molecule has 0 saturated carbocycles. The predicted octanol–water partition coefficient (Wildman–Crippen LogP) is 2.49. The van der Waals surface area contributed by atoms with E-state index in [9.17, 15) is 4.79 Å². The zero-order valence-corrected chi connectivity index (χ0v) is 9.93. The number of rotatable bonds is 4. The highest BCUT2D eigenvalue weighted by Gasteiger charge is 2.09. The summed E-state index contributed by atoms with van der Waals surface area (Å²) in [4.78, 5) is 11.8. The molecule has 1 unspecified atom stereocenters. The van der Waals surface area contributed by atoms with Crippen LogP contribution in [0.1, 0.15) is 29.5 Å². The first-order valence-electron chi connectivity index (χ1n) is 4.61. The highest BCUT2D eigenvalue weighted by atomic mass is 79.9. The number of halogens is 1. The third-order valence-electron chi connectivity index (χ3n) is 1.92. The van der Waals surface area contributed by atoms with E-state index in [0.29, 0.717) is 16.9 Å². The largest absolute Gasteiger partial charge is 0.469 e. The van der Waals surface area contributed by atoms with Crippen LogP contribution in [0.5, 0.6) is 0 Å². The molecule has 14 heavy (non-hydrogen) atoms. The SMILES string of the molecule is CCC(Br)CNC(=O)c1coc(C)c1. The quantitative estimate of drug-likeness (QED) is 0.845. The molecular weight excluding hydrogens is 246 g/mol. The third-order valence-corrected chi connectivity index (χ3v) is 2.89. The van der Waals surface area contributed by atoms with E-state index in [-0.39, 0.29) is 5.91 Å². The van der Waals surface area contributed by atoms with Crippen LogP contribution in [-0.2, 0) is 0 Å². The van der Waals surface area contributed by atoms with Crippen molar-refractivity contribution in [3.8, 4) is 0 Å². The Bertz CT molecular complexity index is 309. The van der Waals surface area contributed by atoms with Crippen molar-refractivity contribution in [3.05, 3.63) is 23.7 Å². The Morgan fingerprint density at radius 2 is 2.43 bits per heavy atom. The van der Waals surface area contributed by atoms with Crippen LogP contribution in [0.4, 0.5) is 0 Å². The van der Waals surface area contributed by atoms with Crippen LogP contribution < -0.4 is 5.32 Å². The zero-order valence-electron chi connectivity index (χ0n) is 8.34. The van der Waals surface area contributed by atoms with Gasteiger partial charge in [0.25, 0.3) is 5.91 Å². The molecule has 1 amide bonds. The summed E-state index contributed by atoms with van der Waals surface area (Å²) in [6.45, 7) is 4.52. The number of nitrogens with one attached hydrogen (secondary N) is 1. The van der Waals surface area contributed by atoms with Gasteiger partial charge in [0.2, 0.25) is 0 Å². The number of hydrogen-bond acceptors (Lipinski definition) is 2. The molecule has 1 rings (SSSR count). The molecule has 1 aromatic rings. The van der Waals surface area contributed by atoms with Gasteiger partial charge in [-0.05, 0) is 19.4 Å². The smallest absolute Gasteiger partial charge is 0.254 e. The normalized spacial score (nSPS) is 12.5. The van der Waals surface area contributed by atoms with Gasteiger partial charge in [0, 0.05) is 11.4 Å². The Kier molecular flexibility index (Phi) is 4.20. The minimum absolute atomic E-state index is 0.0836. The highest BCUT2D eigenvalue weighted by Crippen LogP contribution is 2.07. The first-order valence-corrected chi connectivity index (χ1v) is 5.52. The number of carbonyl (C=O) groups is 1. The first kappa shape index (κ1) is 11.3.